The van der Waals surface area contributed by atoms with Crippen molar-refractivity contribution in [3.63, 3.8) is 0 Å². The van der Waals surface area contributed by atoms with E-state index in [1.807, 2.05) is 0 Å². The van der Waals surface area contributed by atoms with Gasteiger partial charge in [-0.15, -0.1) is 11.3 Å². The third kappa shape index (κ3) is 3.52. The Morgan fingerprint density at radius 2 is 2.05 bits per heavy atom. The molecule has 2 rings (SSSR count). The minimum atomic E-state index is -0.119. The summed E-state index contributed by atoms with van der Waals surface area (Å²) in [6.45, 7) is 11.6. The normalized spacial score (nSPS) is 13.6. The highest BCUT2D eigenvalue weighted by molar-refractivity contribution is 7.18. The molecule has 0 amide bonds. The van der Waals surface area contributed by atoms with Crippen LogP contribution in [0, 0.1) is 12.3 Å². The van der Waals surface area contributed by atoms with Crippen molar-refractivity contribution in [1.29, 1.82) is 0 Å². The molecule has 1 atom stereocenters. The summed E-state index contributed by atoms with van der Waals surface area (Å²) in [5.74, 6) is 1.69. The van der Waals surface area contributed by atoms with Gasteiger partial charge in [-0.25, -0.2) is 9.97 Å². The number of anilines is 1. The first-order valence-corrected chi connectivity index (χ1v) is 8.23. The van der Waals surface area contributed by atoms with E-state index in [1.54, 1.807) is 18.4 Å². The molecule has 1 N–H and O–H groups in total. The maximum atomic E-state index is 5.67. The van der Waals surface area contributed by atoms with E-state index in [4.69, 9.17) is 14.7 Å². The largest absolute Gasteiger partial charge is 0.373 e. The number of ether oxygens (including phenoxy) is 1. The van der Waals surface area contributed by atoms with E-state index in [9.17, 15) is 0 Å². The topological polar surface area (TPSA) is 47.0 Å². The van der Waals surface area contributed by atoms with Crippen molar-refractivity contribution in [2.75, 3.05) is 19.0 Å². The Bertz CT molecular complexity index is 616. The van der Waals surface area contributed by atoms with E-state index in [2.05, 4.69) is 46.0 Å². The zero-order valence-electron chi connectivity index (χ0n) is 13.8. The molecule has 2 aromatic rings. The van der Waals surface area contributed by atoms with Gasteiger partial charge >= 0.3 is 0 Å². The lowest BCUT2D eigenvalue weighted by atomic mass is 9.88. The van der Waals surface area contributed by atoms with Gasteiger partial charge in [0.25, 0.3) is 0 Å². The van der Waals surface area contributed by atoms with Crippen molar-refractivity contribution in [3.05, 3.63) is 16.8 Å². The van der Waals surface area contributed by atoms with Gasteiger partial charge in [0.15, 0.2) is 5.82 Å². The molecule has 0 spiro atoms. The SMILES string of the molecule is CCCNc1nc(C(OC)C(C)(C)C)nc2sc(C)cc12. The van der Waals surface area contributed by atoms with Crippen LogP contribution in [-0.4, -0.2) is 23.6 Å². The van der Waals surface area contributed by atoms with Gasteiger partial charge < -0.3 is 10.1 Å². The molecule has 0 fully saturated rings. The number of rotatable bonds is 5. The second-order valence-electron chi connectivity index (χ2n) is 6.41. The Hall–Kier alpha value is -1.20. The van der Waals surface area contributed by atoms with E-state index in [0.717, 1.165) is 34.8 Å². The third-order valence-corrected chi connectivity index (χ3v) is 4.28. The van der Waals surface area contributed by atoms with Crippen molar-refractivity contribution in [2.24, 2.45) is 5.41 Å². The summed E-state index contributed by atoms with van der Waals surface area (Å²) in [6, 6.07) is 2.15. The molecule has 0 saturated carbocycles. The van der Waals surface area contributed by atoms with E-state index in [1.165, 1.54) is 4.88 Å². The van der Waals surface area contributed by atoms with Crippen LogP contribution in [0.3, 0.4) is 0 Å². The zero-order chi connectivity index (χ0) is 15.6. The maximum absolute atomic E-state index is 5.67. The Balaban J connectivity index is 2.54. The quantitative estimate of drug-likeness (QED) is 0.880. The lowest BCUT2D eigenvalue weighted by molar-refractivity contribution is 0.00904. The average Bonchev–Trinajstić information content (AvgIpc) is 2.75. The van der Waals surface area contributed by atoms with E-state index >= 15 is 0 Å². The summed E-state index contributed by atoms with van der Waals surface area (Å²) in [7, 11) is 1.72. The summed E-state index contributed by atoms with van der Waals surface area (Å²) in [4.78, 5) is 11.8. The highest BCUT2D eigenvalue weighted by Crippen LogP contribution is 2.37. The standard InChI is InChI=1S/C16H25N3OS/c1-7-8-17-13-11-9-10(2)21-15(11)19-14(18-13)12(20-6)16(3,4)5/h9,12H,7-8H2,1-6H3,(H,17,18,19). The van der Waals surface area contributed by atoms with Gasteiger partial charge in [0.2, 0.25) is 0 Å². The number of methoxy groups -OCH3 is 1. The van der Waals surface area contributed by atoms with Crippen molar-refractivity contribution < 1.29 is 4.74 Å². The molecule has 5 heteroatoms. The molecule has 21 heavy (non-hydrogen) atoms. The monoisotopic (exact) mass is 307 g/mol. The van der Waals surface area contributed by atoms with Gasteiger partial charge in [0.05, 0.1) is 5.39 Å². The Morgan fingerprint density at radius 1 is 1.33 bits per heavy atom. The lowest BCUT2D eigenvalue weighted by Crippen LogP contribution is -2.22. The molecule has 1 unspecified atom stereocenters. The number of aromatic nitrogens is 2. The van der Waals surface area contributed by atoms with Crippen molar-refractivity contribution in [1.82, 2.24) is 9.97 Å². The van der Waals surface area contributed by atoms with Crippen LogP contribution in [0.25, 0.3) is 10.2 Å². The molecule has 4 nitrogen and oxygen atoms in total. The predicted molar refractivity (Wildman–Crippen MR) is 90.1 cm³/mol. The van der Waals surface area contributed by atoms with Crippen LogP contribution in [0.4, 0.5) is 5.82 Å². The van der Waals surface area contributed by atoms with Gasteiger partial charge in [-0.2, -0.15) is 0 Å². The second-order valence-corrected chi connectivity index (χ2v) is 7.65. The summed E-state index contributed by atoms with van der Waals surface area (Å²) in [5.41, 5.74) is -0.0449. The molecule has 0 aliphatic heterocycles. The van der Waals surface area contributed by atoms with Crippen molar-refractivity contribution in [3.8, 4) is 0 Å². The third-order valence-electron chi connectivity index (χ3n) is 3.33. The Kier molecular flexibility index (Phi) is 4.84. The maximum Gasteiger partial charge on any atom is 0.161 e. The molecule has 0 saturated heterocycles. The first kappa shape index (κ1) is 16.2. The molecule has 116 valence electrons. The summed E-state index contributed by atoms with van der Waals surface area (Å²) in [6.07, 6.45) is 0.947. The van der Waals surface area contributed by atoms with Gasteiger partial charge in [0.1, 0.15) is 16.8 Å². The number of fused-ring (bicyclic) bond motifs is 1. The molecule has 0 aromatic carbocycles. The number of nitrogens with one attached hydrogen (secondary N) is 1. The van der Waals surface area contributed by atoms with Crippen molar-refractivity contribution >= 4 is 27.4 Å². The molecular formula is C16H25N3OS. The smallest absolute Gasteiger partial charge is 0.161 e. The average molecular weight is 307 g/mol. The van der Waals surface area contributed by atoms with Crippen LogP contribution >= 0.6 is 11.3 Å². The molecular weight excluding hydrogens is 282 g/mol. The van der Waals surface area contributed by atoms with Crippen LogP contribution < -0.4 is 5.32 Å². The van der Waals surface area contributed by atoms with Gasteiger partial charge in [0, 0.05) is 18.5 Å². The molecule has 0 radical (unpaired) electrons. The summed E-state index contributed by atoms with van der Waals surface area (Å²) in [5, 5.41) is 4.53. The Morgan fingerprint density at radius 3 is 2.62 bits per heavy atom. The number of thiophene rings is 1. The number of nitrogens with zero attached hydrogens (tertiary/aromatic N) is 2. The molecule has 0 aliphatic carbocycles. The molecule has 2 aromatic heterocycles. The zero-order valence-corrected chi connectivity index (χ0v) is 14.6. The van der Waals surface area contributed by atoms with Crippen molar-refractivity contribution in [2.45, 2.75) is 47.1 Å². The van der Waals surface area contributed by atoms with Crippen LogP contribution in [0.15, 0.2) is 6.07 Å². The van der Waals surface area contributed by atoms with Gasteiger partial charge in [-0.3, -0.25) is 0 Å². The van der Waals surface area contributed by atoms with E-state index in [-0.39, 0.29) is 11.5 Å². The summed E-state index contributed by atoms with van der Waals surface area (Å²) < 4.78 is 5.67. The first-order chi connectivity index (χ1) is 9.86. The van der Waals surface area contributed by atoms with Crippen LogP contribution in [0.2, 0.25) is 0 Å². The predicted octanol–water partition coefficient (Wildman–Crippen LogP) is 4.56. The fourth-order valence-corrected chi connectivity index (χ4v) is 3.29. The minimum Gasteiger partial charge on any atom is -0.373 e. The highest BCUT2D eigenvalue weighted by Gasteiger charge is 2.29. The van der Waals surface area contributed by atoms with E-state index in [0.29, 0.717) is 0 Å². The van der Waals surface area contributed by atoms with Gasteiger partial charge in [-0.1, -0.05) is 27.7 Å². The Labute approximate surface area is 131 Å². The number of hydrogen-bond donors (Lipinski definition) is 1. The van der Waals surface area contributed by atoms with Gasteiger partial charge in [-0.05, 0) is 24.8 Å². The fraction of sp³-hybridized carbons (Fsp3) is 0.625. The first-order valence-electron chi connectivity index (χ1n) is 7.41. The highest BCUT2D eigenvalue weighted by atomic mass is 32.1. The molecule has 0 bridgehead atoms. The lowest BCUT2D eigenvalue weighted by Gasteiger charge is -2.28. The fourth-order valence-electron chi connectivity index (χ4n) is 2.40. The minimum absolute atomic E-state index is 0.0449. The van der Waals surface area contributed by atoms with E-state index < -0.39 is 0 Å². The van der Waals surface area contributed by atoms with Crippen LogP contribution in [0.5, 0.6) is 0 Å². The number of aryl methyl sites for hydroxylation is 1. The number of hydrogen-bond acceptors (Lipinski definition) is 5. The molecule has 2 heterocycles. The van der Waals surface area contributed by atoms with Crippen LogP contribution in [0.1, 0.15) is 50.9 Å². The molecule has 0 aliphatic rings. The second kappa shape index (κ2) is 6.28. The summed E-state index contributed by atoms with van der Waals surface area (Å²) >= 11 is 1.71. The van der Waals surface area contributed by atoms with Crippen LogP contribution in [-0.2, 0) is 4.74 Å².